The first-order valence-corrected chi connectivity index (χ1v) is 10.4. The van der Waals surface area contributed by atoms with Crippen molar-refractivity contribution in [3.63, 3.8) is 0 Å². The van der Waals surface area contributed by atoms with Crippen molar-refractivity contribution in [2.24, 2.45) is 5.41 Å². The van der Waals surface area contributed by atoms with Crippen molar-refractivity contribution in [3.05, 3.63) is 23.5 Å². The van der Waals surface area contributed by atoms with Crippen molar-refractivity contribution in [2.75, 3.05) is 39.3 Å². The summed E-state index contributed by atoms with van der Waals surface area (Å²) in [6.07, 6.45) is -2.14. The lowest BCUT2D eigenvalue weighted by Gasteiger charge is -2.59. The molecule has 1 atom stereocenters. The highest BCUT2D eigenvalue weighted by molar-refractivity contribution is 7.89. The summed E-state index contributed by atoms with van der Waals surface area (Å²) < 4.78 is 70.7. The SMILES string of the molecule is Cc1nc(C(F)(F)F)ccc1S(=O)(=O)N1CC2(CN(CC3CCCO3)C2)C1. The molecule has 6 nitrogen and oxygen atoms in total. The topological polar surface area (TPSA) is 62.7 Å². The lowest BCUT2D eigenvalue weighted by molar-refractivity contribution is -0.141. The number of pyridine rings is 1. The van der Waals surface area contributed by atoms with E-state index in [1.54, 1.807) is 0 Å². The number of halogens is 3. The van der Waals surface area contributed by atoms with E-state index in [1.807, 2.05) is 0 Å². The second kappa shape index (κ2) is 6.40. The van der Waals surface area contributed by atoms with Crippen LogP contribution < -0.4 is 0 Å². The van der Waals surface area contributed by atoms with Gasteiger partial charge in [0.25, 0.3) is 0 Å². The van der Waals surface area contributed by atoms with Crippen LogP contribution in [0.5, 0.6) is 0 Å². The smallest absolute Gasteiger partial charge is 0.377 e. The van der Waals surface area contributed by atoms with E-state index in [1.165, 1.54) is 11.2 Å². The Kier molecular flexibility index (Phi) is 4.53. The molecular formula is C17H22F3N3O3S. The van der Waals surface area contributed by atoms with Gasteiger partial charge in [-0.15, -0.1) is 0 Å². The second-order valence-electron chi connectivity index (χ2n) is 7.86. The summed E-state index contributed by atoms with van der Waals surface area (Å²) in [5.74, 6) is 0. The molecule has 10 heteroatoms. The average molecular weight is 405 g/mol. The molecule has 3 saturated heterocycles. The third kappa shape index (κ3) is 3.48. The Morgan fingerprint density at radius 3 is 2.52 bits per heavy atom. The van der Waals surface area contributed by atoms with Crippen LogP contribution in [0.15, 0.2) is 17.0 Å². The fourth-order valence-corrected chi connectivity index (χ4v) is 6.12. The van der Waals surface area contributed by atoms with Gasteiger partial charge in [0.1, 0.15) is 10.6 Å². The average Bonchev–Trinajstić information content (AvgIpc) is 2.99. The lowest BCUT2D eigenvalue weighted by atomic mass is 9.74. The summed E-state index contributed by atoms with van der Waals surface area (Å²) in [5, 5.41) is 0. The molecule has 1 aromatic rings. The highest BCUT2D eigenvalue weighted by Crippen LogP contribution is 2.43. The van der Waals surface area contributed by atoms with E-state index in [9.17, 15) is 21.6 Å². The van der Waals surface area contributed by atoms with E-state index in [0.717, 1.165) is 51.2 Å². The summed E-state index contributed by atoms with van der Waals surface area (Å²) in [7, 11) is -3.82. The van der Waals surface area contributed by atoms with Crippen molar-refractivity contribution in [2.45, 2.75) is 36.9 Å². The minimum atomic E-state index is -4.59. The molecule has 0 amide bonds. The number of aromatic nitrogens is 1. The van der Waals surface area contributed by atoms with Crippen LogP contribution in [0.4, 0.5) is 13.2 Å². The lowest BCUT2D eigenvalue weighted by Crippen LogP contribution is -2.73. The van der Waals surface area contributed by atoms with E-state index in [2.05, 4.69) is 9.88 Å². The summed E-state index contributed by atoms with van der Waals surface area (Å²) in [6, 6.07) is 1.73. The van der Waals surface area contributed by atoms with Crippen LogP contribution in [0.2, 0.25) is 0 Å². The Balaban J connectivity index is 1.38. The van der Waals surface area contributed by atoms with Crippen LogP contribution >= 0.6 is 0 Å². The predicted octanol–water partition coefficient (Wildman–Crippen LogP) is 1.89. The Labute approximate surface area is 156 Å². The van der Waals surface area contributed by atoms with Crippen molar-refractivity contribution in [1.82, 2.24) is 14.2 Å². The fraction of sp³-hybridized carbons (Fsp3) is 0.706. The largest absolute Gasteiger partial charge is 0.433 e. The monoisotopic (exact) mass is 405 g/mol. The number of likely N-dealkylation sites (tertiary alicyclic amines) is 1. The van der Waals surface area contributed by atoms with Crippen LogP contribution in [0.1, 0.15) is 24.2 Å². The molecule has 4 heterocycles. The summed E-state index contributed by atoms with van der Waals surface area (Å²) in [5.41, 5.74) is -1.24. The molecule has 3 aliphatic rings. The van der Waals surface area contributed by atoms with Gasteiger partial charge in [0.05, 0.1) is 11.8 Å². The van der Waals surface area contributed by atoms with Crippen molar-refractivity contribution >= 4 is 10.0 Å². The maximum Gasteiger partial charge on any atom is 0.433 e. The van der Waals surface area contributed by atoms with Gasteiger partial charge in [0.15, 0.2) is 0 Å². The Hall–Kier alpha value is -1.23. The molecule has 1 unspecified atom stereocenters. The molecule has 27 heavy (non-hydrogen) atoms. The van der Waals surface area contributed by atoms with Crippen molar-refractivity contribution < 1.29 is 26.3 Å². The van der Waals surface area contributed by atoms with Crippen LogP contribution in [0.25, 0.3) is 0 Å². The van der Waals surface area contributed by atoms with Gasteiger partial charge in [-0.05, 0) is 31.9 Å². The highest BCUT2D eigenvalue weighted by Gasteiger charge is 2.55. The van der Waals surface area contributed by atoms with E-state index in [4.69, 9.17) is 4.74 Å². The molecule has 4 rings (SSSR count). The molecule has 150 valence electrons. The van der Waals surface area contributed by atoms with Gasteiger partial charge in [-0.3, -0.25) is 4.90 Å². The van der Waals surface area contributed by atoms with Gasteiger partial charge >= 0.3 is 6.18 Å². The summed E-state index contributed by atoms with van der Waals surface area (Å²) in [4.78, 5) is 5.57. The summed E-state index contributed by atoms with van der Waals surface area (Å²) in [6.45, 7) is 5.47. The van der Waals surface area contributed by atoms with Gasteiger partial charge in [0, 0.05) is 44.7 Å². The molecule has 3 aliphatic heterocycles. The zero-order valence-corrected chi connectivity index (χ0v) is 15.8. The number of ether oxygens (including phenoxy) is 1. The van der Waals surface area contributed by atoms with E-state index in [-0.39, 0.29) is 22.1 Å². The third-order valence-electron chi connectivity index (χ3n) is 5.57. The number of rotatable bonds is 4. The zero-order chi connectivity index (χ0) is 19.4. The van der Waals surface area contributed by atoms with Crippen LogP contribution in [0.3, 0.4) is 0 Å². The Morgan fingerprint density at radius 2 is 1.96 bits per heavy atom. The van der Waals surface area contributed by atoms with Crippen LogP contribution in [-0.4, -0.2) is 68.0 Å². The number of nitrogens with zero attached hydrogens (tertiary/aromatic N) is 3. The number of hydrogen-bond acceptors (Lipinski definition) is 5. The second-order valence-corrected chi connectivity index (χ2v) is 9.76. The Bertz CT molecular complexity index is 824. The molecule has 0 N–H and O–H groups in total. The van der Waals surface area contributed by atoms with E-state index < -0.39 is 21.9 Å². The number of aryl methyl sites for hydroxylation is 1. The molecule has 0 aromatic carbocycles. The first-order valence-electron chi connectivity index (χ1n) is 8.98. The van der Waals surface area contributed by atoms with Crippen LogP contribution in [-0.2, 0) is 20.9 Å². The molecular weight excluding hydrogens is 383 g/mol. The van der Waals surface area contributed by atoms with Crippen LogP contribution in [0, 0.1) is 12.3 Å². The number of hydrogen-bond donors (Lipinski definition) is 0. The first-order chi connectivity index (χ1) is 12.6. The predicted molar refractivity (Wildman–Crippen MR) is 90.6 cm³/mol. The minimum absolute atomic E-state index is 0.0289. The van der Waals surface area contributed by atoms with Crippen molar-refractivity contribution in [1.29, 1.82) is 0 Å². The standard InChI is InChI=1S/C17H22F3N3O3S/c1-12-14(4-5-15(21-12)17(18,19)20)27(24,25)23-10-16(11-23)8-22(9-16)7-13-3-2-6-26-13/h4-5,13H,2-3,6-11H2,1H3. The molecule has 0 saturated carbocycles. The number of alkyl halides is 3. The molecule has 1 aromatic heterocycles. The summed E-state index contributed by atoms with van der Waals surface area (Å²) >= 11 is 0. The minimum Gasteiger partial charge on any atom is -0.377 e. The highest BCUT2D eigenvalue weighted by atomic mass is 32.2. The zero-order valence-electron chi connectivity index (χ0n) is 15.0. The van der Waals surface area contributed by atoms with Gasteiger partial charge in [-0.2, -0.15) is 17.5 Å². The van der Waals surface area contributed by atoms with E-state index in [0.29, 0.717) is 13.1 Å². The third-order valence-corrected chi connectivity index (χ3v) is 7.50. The van der Waals surface area contributed by atoms with E-state index >= 15 is 0 Å². The normalized spacial score (nSPS) is 26.1. The first kappa shape index (κ1) is 19.1. The maximum absolute atomic E-state index is 12.8. The van der Waals surface area contributed by atoms with Gasteiger partial charge in [-0.1, -0.05) is 0 Å². The maximum atomic E-state index is 12.8. The Morgan fingerprint density at radius 1 is 1.26 bits per heavy atom. The molecule has 0 bridgehead atoms. The van der Waals surface area contributed by atoms with Crippen molar-refractivity contribution in [3.8, 4) is 0 Å². The molecule has 0 aliphatic carbocycles. The number of sulfonamides is 1. The van der Waals surface area contributed by atoms with Gasteiger partial charge < -0.3 is 4.74 Å². The molecule has 3 fully saturated rings. The quantitative estimate of drug-likeness (QED) is 0.766. The van der Waals surface area contributed by atoms with Gasteiger partial charge in [-0.25, -0.2) is 13.4 Å². The fourth-order valence-electron chi connectivity index (χ4n) is 4.30. The molecule has 0 radical (unpaired) electrons. The van der Waals surface area contributed by atoms with Gasteiger partial charge in [0.2, 0.25) is 10.0 Å². The molecule has 1 spiro atoms.